The number of carbonyl (C=O) groups is 3. The van der Waals surface area contributed by atoms with Crippen LogP contribution in [0.4, 0.5) is 5.82 Å². The quantitative estimate of drug-likeness (QED) is 0.790. The molecule has 7 heteroatoms. The second kappa shape index (κ2) is 7.21. The standard InChI is InChI=1S/C16H22N2O5/c1-7-18(10(2)19)13-9-11(14(20)23-16(3,4)5)8-12(17-13)15(21)22-6/h8-9H,7H2,1-6H3. The lowest BCUT2D eigenvalue weighted by Crippen LogP contribution is -2.30. The molecule has 0 saturated carbocycles. The summed E-state index contributed by atoms with van der Waals surface area (Å²) in [6, 6.07) is 2.71. The zero-order chi connectivity index (χ0) is 17.8. The summed E-state index contributed by atoms with van der Waals surface area (Å²) in [4.78, 5) is 41.2. The van der Waals surface area contributed by atoms with E-state index in [4.69, 9.17) is 4.74 Å². The van der Waals surface area contributed by atoms with Crippen molar-refractivity contribution >= 4 is 23.7 Å². The Labute approximate surface area is 135 Å². The van der Waals surface area contributed by atoms with Crippen LogP contribution in [0.25, 0.3) is 0 Å². The Bertz CT molecular complexity index is 619. The third-order valence-corrected chi connectivity index (χ3v) is 2.81. The van der Waals surface area contributed by atoms with Gasteiger partial charge in [0.05, 0.1) is 12.7 Å². The Morgan fingerprint density at radius 2 is 1.78 bits per heavy atom. The second-order valence-electron chi connectivity index (χ2n) is 5.86. The Morgan fingerprint density at radius 1 is 1.17 bits per heavy atom. The molecule has 0 radical (unpaired) electrons. The molecule has 0 saturated heterocycles. The lowest BCUT2D eigenvalue weighted by Gasteiger charge is -2.21. The van der Waals surface area contributed by atoms with E-state index in [2.05, 4.69) is 9.72 Å². The number of methoxy groups -OCH3 is 1. The number of ether oxygens (including phenoxy) is 2. The lowest BCUT2D eigenvalue weighted by atomic mass is 10.1. The molecule has 126 valence electrons. The first-order valence-electron chi connectivity index (χ1n) is 7.21. The molecule has 0 atom stereocenters. The van der Waals surface area contributed by atoms with Gasteiger partial charge in [0.15, 0.2) is 5.69 Å². The summed E-state index contributed by atoms with van der Waals surface area (Å²) in [5, 5.41) is 0. The third kappa shape index (κ3) is 5.05. The van der Waals surface area contributed by atoms with E-state index in [1.54, 1.807) is 27.7 Å². The van der Waals surface area contributed by atoms with Crippen LogP contribution in [0.15, 0.2) is 12.1 Å². The number of nitrogens with zero attached hydrogens (tertiary/aromatic N) is 2. The van der Waals surface area contributed by atoms with E-state index in [1.807, 2.05) is 0 Å². The number of esters is 2. The Kier molecular flexibility index (Phi) is 5.84. The van der Waals surface area contributed by atoms with Crippen LogP contribution in [0.3, 0.4) is 0 Å². The lowest BCUT2D eigenvalue weighted by molar-refractivity contribution is -0.116. The number of anilines is 1. The Balaban J connectivity index is 3.37. The fourth-order valence-electron chi connectivity index (χ4n) is 1.86. The number of amides is 1. The third-order valence-electron chi connectivity index (χ3n) is 2.81. The molecule has 0 aliphatic carbocycles. The van der Waals surface area contributed by atoms with Gasteiger partial charge in [-0.05, 0) is 39.8 Å². The van der Waals surface area contributed by atoms with E-state index in [-0.39, 0.29) is 23.0 Å². The molecule has 0 aromatic carbocycles. The number of rotatable bonds is 4. The summed E-state index contributed by atoms with van der Waals surface area (Å²) < 4.78 is 9.94. The molecule has 0 aliphatic rings. The predicted octanol–water partition coefficient (Wildman–Crippen LogP) is 2.20. The molecular weight excluding hydrogens is 300 g/mol. The molecule has 1 amide bonds. The molecule has 0 N–H and O–H groups in total. The van der Waals surface area contributed by atoms with Gasteiger partial charge in [-0.2, -0.15) is 0 Å². The van der Waals surface area contributed by atoms with E-state index < -0.39 is 17.5 Å². The van der Waals surface area contributed by atoms with Gasteiger partial charge in [0, 0.05) is 13.5 Å². The highest BCUT2D eigenvalue weighted by Crippen LogP contribution is 2.19. The van der Waals surface area contributed by atoms with Crippen molar-refractivity contribution in [2.45, 2.75) is 40.2 Å². The highest BCUT2D eigenvalue weighted by atomic mass is 16.6. The van der Waals surface area contributed by atoms with Gasteiger partial charge < -0.3 is 9.47 Å². The molecular formula is C16H22N2O5. The number of hydrogen-bond acceptors (Lipinski definition) is 6. The zero-order valence-corrected chi connectivity index (χ0v) is 14.3. The molecule has 23 heavy (non-hydrogen) atoms. The SMILES string of the molecule is CCN(C(C)=O)c1cc(C(=O)OC(C)(C)C)cc(C(=O)OC)n1. The van der Waals surface area contributed by atoms with Crippen LogP contribution in [0.5, 0.6) is 0 Å². The zero-order valence-electron chi connectivity index (χ0n) is 14.3. The van der Waals surface area contributed by atoms with Crippen LogP contribution in [0, 0.1) is 0 Å². The largest absolute Gasteiger partial charge is 0.464 e. The molecule has 1 heterocycles. The van der Waals surface area contributed by atoms with E-state index in [1.165, 1.54) is 31.1 Å². The van der Waals surface area contributed by atoms with Crippen molar-refractivity contribution in [3.05, 3.63) is 23.4 Å². The normalized spacial score (nSPS) is 10.9. The molecule has 1 rings (SSSR count). The number of carbonyl (C=O) groups excluding carboxylic acids is 3. The predicted molar refractivity (Wildman–Crippen MR) is 84.4 cm³/mol. The van der Waals surface area contributed by atoms with Crippen molar-refractivity contribution in [3.8, 4) is 0 Å². The van der Waals surface area contributed by atoms with Crippen LogP contribution in [0.1, 0.15) is 55.5 Å². The van der Waals surface area contributed by atoms with Gasteiger partial charge in [-0.25, -0.2) is 14.6 Å². The molecule has 7 nitrogen and oxygen atoms in total. The van der Waals surface area contributed by atoms with Crippen LogP contribution in [0.2, 0.25) is 0 Å². The van der Waals surface area contributed by atoms with Crippen molar-refractivity contribution in [2.24, 2.45) is 0 Å². The van der Waals surface area contributed by atoms with Crippen molar-refractivity contribution in [1.82, 2.24) is 4.98 Å². The fourth-order valence-corrected chi connectivity index (χ4v) is 1.86. The maximum Gasteiger partial charge on any atom is 0.356 e. The van der Waals surface area contributed by atoms with E-state index >= 15 is 0 Å². The van der Waals surface area contributed by atoms with E-state index in [9.17, 15) is 14.4 Å². The Morgan fingerprint density at radius 3 is 2.22 bits per heavy atom. The molecule has 1 aromatic heterocycles. The average Bonchev–Trinajstić information content (AvgIpc) is 2.44. The number of pyridine rings is 1. The molecule has 0 fully saturated rings. The van der Waals surface area contributed by atoms with Crippen LogP contribution in [-0.2, 0) is 14.3 Å². The maximum absolute atomic E-state index is 12.3. The van der Waals surface area contributed by atoms with Gasteiger partial charge in [0.1, 0.15) is 11.4 Å². The summed E-state index contributed by atoms with van der Waals surface area (Å²) in [7, 11) is 1.21. The minimum Gasteiger partial charge on any atom is -0.464 e. The van der Waals surface area contributed by atoms with Crippen molar-refractivity contribution in [2.75, 3.05) is 18.6 Å². The van der Waals surface area contributed by atoms with Crippen LogP contribution in [-0.4, -0.2) is 42.1 Å². The smallest absolute Gasteiger partial charge is 0.356 e. The van der Waals surface area contributed by atoms with E-state index in [0.717, 1.165) is 0 Å². The molecule has 0 unspecified atom stereocenters. The minimum atomic E-state index is -0.698. The van der Waals surface area contributed by atoms with Gasteiger partial charge >= 0.3 is 11.9 Å². The second-order valence-corrected chi connectivity index (χ2v) is 5.86. The van der Waals surface area contributed by atoms with Crippen molar-refractivity contribution < 1.29 is 23.9 Å². The summed E-state index contributed by atoms with van der Waals surface area (Å²) >= 11 is 0. The van der Waals surface area contributed by atoms with Crippen molar-refractivity contribution in [1.29, 1.82) is 0 Å². The van der Waals surface area contributed by atoms with Gasteiger partial charge in [0.25, 0.3) is 0 Å². The highest BCUT2D eigenvalue weighted by molar-refractivity contribution is 5.97. The molecule has 0 bridgehead atoms. The minimum absolute atomic E-state index is 0.0643. The topological polar surface area (TPSA) is 85.8 Å². The highest BCUT2D eigenvalue weighted by Gasteiger charge is 2.23. The average molecular weight is 322 g/mol. The number of aromatic nitrogens is 1. The summed E-state index contributed by atoms with van der Waals surface area (Å²) in [5.41, 5.74) is -0.618. The summed E-state index contributed by atoms with van der Waals surface area (Å²) in [6.07, 6.45) is 0. The van der Waals surface area contributed by atoms with E-state index in [0.29, 0.717) is 6.54 Å². The molecule has 1 aromatic rings. The molecule has 0 aliphatic heterocycles. The Hall–Kier alpha value is -2.44. The summed E-state index contributed by atoms with van der Waals surface area (Å²) in [5.74, 6) is -1.36. The van der Waals surface area contributed by atoms with Crippen molar-refractivity contribution in [3.63, 3.8) is 0 Å². The number of hydrogen-bond donors (Lipinski definition) is 0. The van der Waals surface area contributed by atoms with Gasteiger partial charge in [-0.15, -0.1) is 0 Å². The summed E-state index contributed by atoms with van der Waals surface area (Å²) in [6.45, 7) is 8.71. The van der Waals surface area contributed by atoms with Crippen LogP contribution >= 0.6 is 0 Å². The fraction of sp³-hybridized carbons (Fsp3) is 0.500. The van der Waals surface area contributed by atoms with Gasteiger partial charge in [-0.1, -0.05) is 0 Å². The van der Waals surface area contributed by atoms with Gasteiger partial charge in [-0.3, -0.25) is 9.69 Å². The maximum atomic E-state index is 12.3. The first kappa shape index (κ1) is 18.6. The molecule has 0 spiro atoms. The van der Waals surface area contributed by atoms with Crippen LogP contribution < -0.4 is 4.90 Å². The van der Waals surface area contributed by atoms with Gasteiger partial charge in [0.2, 0.25) is 5.91 Å². The monoisotopic (exact) mass is 322 g/mol. The first-order chi connectivity index (χ1) is 10.6. The first-order valence-corrected chi connectivity index (χ1v) is 7.21.